The minimum absolute atomic E-state index is 0.131. The number of carbonyl (C=O) groups excluding carboxylic acids is 3. The number of amidine groups is 1. The second-order valence-electron chi connectivity index (χ2n) is 11.8. The molecule has 258 valence electrons. The summed E-state index contributed by atoms with van der Waals surface area (Å²) < 4.78 is 30.3. The van der Waals surface area contributed by atoms with Crippen LogP contribution in [0.3, 0.4) is 0 Å². The van der Waals surface area contributed by atoms with Gasteiger partial charge in [0, 0.05) is 18.8 Å². The SMILES string of the molecule is COc1ccc(CCN2C(=O)C(c3ccc(NC(=O)[C@@H]4CCCN4C(=O)OCc4ccccc4)cc3)S/C2=N\c2cccc(F)c2)cc1OC. The third-order valence-electron chi connectivity index (χ3n) is 8.53. The van der Waals surface area contributed by atoms with Gasteiger partial charge in [0.2, 0.25) is 11.8 Å². The minimum atomic E-state index is -0.647. The summed E-state index contributed by atoms with van der Waals surface area (Å²) >= 11 is 1.29. The molecule has 4 aromatic carbocycles. The van der Waals surface area contributed by atoms with E-state index in [0.717, 1.165) is 16.7 Å². The Morgan fingerprint density at radius 3 is 2.44 bits per heavy atom. The quantitative estimate of drug-likeness (QED) is 0.178. The van der Waals surface area contributed by atoms with Crippen LogP contribution in [0.25, 0.3) is 0 Å². The second-order valence-corrected chi connectivity index (χ2v) is 12.9. The van der Waals surface area contributed by atoms with Crippen molar-refractivity contribution in [2.24, 2.45) is 4.99 Å². The predicted molar refractivity (Wildman–Crippen MR) is 190 cm³/mol. The van der Waals surface area contributed by atoms with Crippen molar-refractivity contribution in [3.63, 3.8) is 0 Å². The van der Waals surface area contributed by atoms with Gasteiger partial charge in [-0.15, -0.1) is 0 Å². The van der Waals surface area contributed by atoms with Gasteiger partial charge in [0.1, 0.15) is 23.7 Å². The van der Waals surface area contributed by atoms with Crippen molar-refractivity contribution in [3.8, 4) is 11.5 Å². The van der Waals surface area contributed by atoms with E-state index >= 15 is 0 Å². The summed E-state index contributed by atoms with van der Waals surface area (Å²) in [6.45, 7) is 0.908. The molecule has 2 heterocycles. The van der Waals surface area contributed by atoms with Gasteiger partial charge in [-0.2, -0.15) is 0 Å². The molecule has 2 aliphatic heterocycles. The van der Waals surface area contributed by atoms with Crippen LogP contribution in [-0.2, 0) is 27.4 Å². The molecule has 10 nitrogen and oxygen atoms in total. The normalized spacial score (nSPS) is 18.0. The molecule has 2 fully saturated rings. The summed E-state index contributed by atoms with van der Waals surface area (Å²) in [5.41, 5.74) is 3.48. The van der Waals surface area contributed by atoms with E-state index in [1.165, 1.54) is 28.8 Å². The van der Waals surface area contributed by atoms with E-state index in [9.17, 15) is 18.8 Å². The number of ether oxygens (including phenoxy) is 3. The molecule has 1 unspecified atom stereocenters. The Morgan fingerprint density at radius 2 is 1.70 bits per heavy atom. The number of rotatable bonds is 11. The number of benzene rings is 4. The van der Waals surface area contributed by atoms with Crippen LogP contribution in [0, 0.1) is 5.82 Å². The van der Waals surface area contributed by atoms with Crippen LogP contribution in [0.1, 0.15) is 34.8 Å². The van der Waals surface area contributed by atoms with Crippen LogP contribution in [0.5, 0.6) is 11.5 Å². The summed E-state index contributed by atoms with van der Waals surface area (Å²) in [7, 11) is 3.14. The molecule has 2 aliphatic rings. The van der Waals surface area contributed by atoms with Gasteiger partial charge in [0.25, 0.3) is 0 Å². The third kappa shape index (κ3) is 8.08. The first kappa shape index (κ1) is 34.5. The van der Waals surface area contributed by atoms with Gasteiger partial charge in [-0.1, -0.05) is 66.4 Å². The molecule has 4 aromatic rings. The minimum Gasteiger partial charge on any atom is -0.493 e. The summed E-state index contributed by atoms with van der Waals surface area (Å²) in [4.78, 5) is 47.7. The number of methoxy groups -OCH3 is 2. The van der Waals surface area contributed by atoms with Crippen LogP contribution in [0.4, 0.5) is 20.6 Å². The largest absolute Gasteiger partial charge is 0.493 e. The van der Waals surface area contributed by atoms with Crippen molar-refractivity contribution in [2.45, 2.75) is 37.2 Å². The molecule has 0 bridgehead atoms. The first-order chi connectivity index (χ1) is 24.3. The molecule has 2 saturated heterocycles. The highest BCUT2D eigenvalue weighted by atomic mass is 32.2. The molecule has 6 rings (SSSR count). The number of hydrogen-bond acceptors (Lipinski definition) is 8. The van der Waals surface area contributed by atoms with E-state index in [1.807, 2.05) is 48.5 Å². The van der Waals surface area contributed by atoms with Gasteiger partial charge in [-0.05, 0) is 78.4 Å². The monoisotopic (exact) mass is 696 g/mol. The Morgan fingerprint density at radius 1 is 0.920 bits per heavy atom. The summed E-state index contributed by atoms with van der Waals surface area (Å²) in [6.07, 6.45) is 1.22. The predicted octanol–water partition coefficient (Wildman–Crippen LogP) is 7.13. The molecule has 0 saturated carbocycles. The number of halogens is 1. The second kappa shape index (κ2) is 15.9. The maximum Gasteiger partial charge on any atom is 0.410 e. The Bertz CT molecular complexity index is 1870. The summed E-state index contributed by atoms with van der Waals surface area (Å²) in [6, 6.07) is 27.4. The van der Waals surface area contributed by atoms with Crippen molar-refractivity contribution >= 4 is 46.2 Å². The number of thioether (sulfide) groups is 1. The van der Waals surface area contributed by atoms with Gasteiger partial charge >= 0.3 is 6.09 Å². The lowest BCUT2D eigenvalue weighted by molar-refractivity contribution is -0.126. The zero-order chi connectivity index (χ0) is 35.0. The molecular formula is C38H37FN4O6S. The molecule has 0 spiro atoms. The average molecular weight is 697 g/mol. The molecule has 50 heavy (non-hydrogen) atoms. The van der Waals surface area contributed by atoms with E-state index in [4.69, 9.17) is 14.2 Å². The van der Waals surface area contributed by atoms with Crippen LogP contribution < -0.4 is 14.8 Å². The van der Waals surface area contributed by atoms with Crippen LogP contribution in [0.15, 0.2) is 102 Å². The lowest BCUT2D eigenvalue weighted by Crippen LogP contribution is -2.43. The third-order valence-corrected chi connectivity index (χ3v) is 9.76. The van der Waals surface area contributed by atoms with E-state index in [0.29, 0.717) is 60.4 Å². The summed E-state index contributed by atoms with van der Waals surface area (Å²) in [5, 5.41) is 2.78. The standard InChI is InChI=1S/C38H37FN4O6S/c1-47-32-18-13-25(22-33(32)48-2)19-21-43-36(45)34(50-37(43)41-30-11-6-10-28(39)23-30)27-14-16-29(17-15-27)40-35(44)31-12-7-20-42(31)38(46)49-24-26-8-4-3-5-9-26/h3-6,8-11,13-18,22-23,31,34H,7,12,19-21,24H2,1-2H3,(H,40,44)/b41-37-/t31-,34?/m0/s1. The molecule has 3 amide bonds. The smallest absolute Gasteiger partial charge is 0.410 e. The number of hydrogen-bond donors (Lipinski definition) is 1. The molecule has 2 atom stereocenters. The Kier molecular flexibility index (Phi) is 11.0. The highest BCUT2D eigenvalue weighted by Gasteiger charge is 2.39. The van der Waals surface area contributed by atoms with Gasteiger partial charge in [0.15, 0.2) is 16.7 Å². The molecule has 0 aliphatic carbocycles. The van der Waals surface area contributed by atoms with Gasteiger partial charge < -0.3 is 19.5 Å². The number of nitrogens with zero attached hydrogens (tertiary/aromatic N) is 3. The molecule has 1 N–H and O–H groups in total. The zero-order valence-corrected chi connectivity index (χ0v) is 28.5. The van der Waals surface area contributed by atoms with Gasteiger partial charge in [0.05, 0.1) is 19.9 Å². The molecule has 0 aromatic heterocycles. The van der Waals surface area contributed by atoms with Crippen molar-refractivity contribution in [1.82, 2.24) is 9.80 Å². The fraction of sp³-hybridized carbons (Fsp3) is 0.263. The summed E-state index contributed by atoms with van der Waals surface area (Å²) in [5.74, 6) is 0.327. The van der Waals surface area contributed by atoms with Crippen molar-refractivity contribution in [2.75, 3.05) is 32.6 Å². The number of nitrogens with one attached hydrogen (secondary N) is 1. The molecule has 12 heteroatoms. The number of likely N-dealkylation sites (tertiary alicyclic amines) is 1. The van der Waals surface area contributed by atoms with Gasteiger partial charge in [-0.3, -0.25) is 19.4 Å². The number of carbonyl (C=O) groups is 3. The van der Waals surface area contributed by atoms with Crippen molar-refractivity contribution < 1.29 is 33.0 Å². The van der Waals surface area contributed by atoms with E-state index < -0.39 is 23.2 Å². The topological polar surface area (TPSA) is 110 Å². The first-order valence-electron chi connectivity index (χ1n) is 16.2. The zero-order valence-electron chi connectivity index (χ0n) is 27.7. The number of aliphatic imine (C=N–C) groups is 1. The first-order valence-corrected chi connectivity index (χ1v) is 17.1. The highest BCUT2D eigenvalue weighted by molar-refractivity contribution is 8.15. The molecule has 0 radical (unpaired) electrons. The fourth-order valence-electron chi connectivity index (χ4n) is 5.92. The fourth-order valence-corrected chi connectivity index (χ4v) is 7.12. The van der Waals surface area contributed by atoms with Gasteiger partial charge in [-0.25, -0.2) is 14.2 Å². The highest BCUT2D eigenvalue weighted by Crippen LogP contribution is 2.41. The Labute approximate surface area is 294 Å². The average Bonchev–Trinajstić information content (AvgIpc) is 3.75. The van der Waals surface area contributed by atoms with Crippen LogP contribution in [0.2, 0.25) is 0 Å². The lowest BCUT2D eigenvalue weighted by Gasteiger charge is -2.23. The van der Waals surface area contributed by atoms with Crippen LogP contribution in [-0.4, -0.2) is 66.2 Å². The lowest BCUT2D eigenvalue weighted by atomic mass is 10.1. The molecular weight excluding hydrogens is 660 g/mol. The maximum atomic E-state index is 14.0. The Hall–Kier alpha value is -5.36. The Balaban J connectivity index is 1.13. The van der Waals surface area contributed by atoms with Crippen molar-refractivity contribution in [3.05, 3.63) is 120 Å². The maximum absolute atomic E-state index is 14.0. The van der Waals surface area contributed by atoms with E-state index in [1.54, 1.807) is 55.5 Å². The number of amides is 3. The van der Waals surface area contributed by atoms with Crippen molar-refractivity contribution in [1.29, 1.82) is 0 Å². The van der Waals surface area contributed by atoms with Crippen LogP contribution >= 0.6 is 11.8 Å². The number of anilines is 1. The van der Waals surface area contributed by atoms with E-state index in [-0.39, 0.29) is 18.4 Å². The van der Waals surface area contributed by atoms with E-state index in [2.05, 4.69) is 10.3 Å².